The van der Waals surface area contributed by atoms with Gasteiger partial charge in [0.2, 0.25) is 5.91 Å². The van der Waals surface area contributed by atoms with E-state index in [0.29, 0.717) is 0 Å². The fraction of sp³-hybridized carbons (Fsp3) is 0.500. The summed E-state index contributed by atoms with van der Waals surface area (Å²) in [5, 5.41) is 9.07. The van der Waals surface area contributed by atoms with Crippen molar-refractivity contribution in [2.75, 3.05) is 11.4 Å². The van der Waals surface area contributed by atoms with E-state index in [1.54, 1.807) is 4.90 Å². The van der Waals surface area contributed by atoms with Gasteiger partial charge in [-0.05, 0) is 29.5 Å². The van der Waals surface area contributed by atoms with Crippen molar-refractivity contribution in [1.29, 1.82) is 0 Å². The van der Waals surface area contributed by atoms with Crippen molar-refractivity contribution in [3.8, 4) is 0 Å². The zero-order valence-electron chi connectivity index (χ0n) is 12.4. The van der Waals surface area contributed by atoms with Gasteiger partial charge in [-0.3, -0.25) is 9.59 Å². The van der Waals surface area contributed by atoms with E-state index in [9.17, 15) is 9.59 Å². The summed E-state index contributed by atoms with van der Waals surface area (Å²) >= 11 is 0. The molecule has 1 aliphatic heterocycles. The standard InChI is InChI=1S/C16H21NO3/c1-10-5-6-12(16(2,3)4)8-13(10)17-9-11(15(19)20)7-14(17)18/h5-6,8,11H,7,9H2,1-4H3,(H,19,20). The Morgan fingerprint density at radius 2 is 2.00 bits per heavy atom. The van der Waals surface area contributed by atoms with Gasteiger partial charge in [0.15, 0.2) is 0 Å². The molecule has 1 N–H and O–H groups in total. The highest BCUT2D eigenvalue weighted by Crippen LogP contribution is 2.32. The first-order chi connectivity index (χ1) is 9.20. The lowest BCUT2D eigenvalue weighted by molar-refractivity contribution is -0.141. The fourth-order valence-electron chi connectivity index (χ4n) is 2.47. The van der Waals surface area contributed by atoms with E-state index in [1.165, 1.54) is 0 Å². The second-order valence-electron chi connectivity index (χ2n) is 6.49. The van der Waals surface area contributed by atoms with Gasteiger partial charge in [0.1, 0.15) is 0 Å². The van der Waals surface area contributed by atoms with Crippen LogP contribution in [0.3, 0.4) is 0 Å². The molecule has 1 amide bonds. The molecule has 1 unspecified atom stereocenters. The lowest BCUT2D eigenvalue weighted by atomic mass is 9.86. The highest BCUT2D eigenvalue weighted by molar-refractivity contribution is 5.99. The molecule has 4 heteroatoms. The van der Waals surface area contributed by atoms with Gasteiger partial charge < -0.3 is 10.0 Å². The van der Waals surface area contributed by atoms with Gasteiger partial charge in [-0.25, -0.2) is 0 Å². The van der Waals surface area contributed by atoms with Crippen LogP contribution in [-0.4, -0.2) is 23.5 Å². The molecule has 1 fully saturated rings. The normalized spacial score (nSPS) is 19.5. The minimum absolute atomic E-state index is 0.00256. The summed E-state index contributed by atoms with van der Waals surface area (Å²) in [4.78, 5) is 24.7. The molecule has 1 aliphatic rings. The summed E-state index contributed by atoms with van der Waals surface area (Å²) in [6.07, 6.45) is 0.0918. The van der Waals surface area contributed by atoms with E-state index in [-0.39, 0.29) is 24.3 Å². The van der Waals surface area contributed by atoms with Gasteiger partial charge in [-0.1, -0.05) is 32.9 Å². The number of aliphatic carboxylic acids is 1. The molecule has 0 aliphatic carbocycles. The van der Waals surface area contributed by atoms with Crippen molar-refractivity contribution in [3.63, 3.8) is 0 Å². The smallest absolute Gasteiger partial charge is 0.308 e. The van der Waals surface area contributed by atoms with Crippen LogP contribution < -0.4 is 4.90 Å². The van der Waals surface area contributed by atoms with Crippen LogP contribution in [0.2, 0.25) is 0 Å². The maximum absolute atomic E-state index is 12.1. The molecule has 2 rings (SSSR count). The summed E-state index contributed by atoms with van der Waals surface area (Å²) < 4.78 is 0. The summed E-state index contributed by atoms with van der Waals surface area (Å²) in [6.45, 7) is 8.57. The van der Waals surface area contributed by atoms with Crippen LogP contribution in [0.25, 0.3) is 0 Å². The van der Waals surface area contributed by atoms with Gasteiger partial charge >= 0.3 is 5.97 Å². The maximum Gasteiger partial charge on any atom is 0.308 e. The minimum atomic E-state index is -0.898. The highest BCUT2D eigenvalue weighted by Gasteiger charge is 2.35. The number of carboxylic acids is 1. The van der Waals surface area contributed by atoms with Gasteiger partial charge in [0, 0.05) is 18.7 Å². The first kappa shape index (κ1) is 14.6. The van der Waals surface area contributed by atoms with Crippen LogP contribution >= 0.6 is 0 Å². The molecule has 1 aromatic rings. The van der Waals surface area contributed by atoms with E-state index in [4.69, 9.17) is 5.11 Å². The minimum Gasteiger partial charge on any atom is -0.481 e. The lowest BCUT2D eigenvalue weighted by Gasteiger charge is -2.24. The number of carbonyl (C=O) groups excluding carboxylic acids is 1. The zero-order chi connectivity index (χ0) is 15.1. The number of nitrogens with zero attached hydrogens (tertiary/aromatic N) is 1. The zero-order valence-corrected chi connectivity index (χ0v) is 12.4. The van der Waals surface area contributed by atoms with E-state index in [0.717, 1.165) is 16.8 Å². The van der Waals surface area contributed by atoms with Crippen molar-refractivity contribution in [2.45, 2.75) is 39.5 Å². The molecule has 1 aromatic carbocycles. The van der Waals surface area contributed by atoms with Crippen molar-refractivity contribution in [1.82, 2.24) is 0 Å². The van der Waals surface area contributed by atoms with Crippen LogP contribution in [0.1, 0.15) is 38.3 Å². The maximum atomic E-state index is 12.1. The summed E-state index contributed by atoms with van der Waals surface area (Å²) in [5.74, 6) is -1.60. The predicted octanol–water partition coefficient (Wildman–Crippen LogP) is 2.73. The molecule has 20 heavy (non-hydrogen) atoms. The number of hydrogen-bond donors (Lipinski definition) is 1. The average molecular weight is 275 g/mol. The highest BCUT2D eigenvalue weighted by atomic mass is 16.4. The van der Waals surface area contributed by atoms with E-state index < -0.39 is 11.9 Å². The number of carbonyl (C=O) groups is 2. The molecular formula is C16H21NO3. The molecular weight excluding hydrogens is 254 g/mol. The Hall–Kier alpha value is -1.84. The Bertz CT molecular complexity index is 557. The largest absolute Gasteiger partial charge is 0.481 e. The van der Waals surface area contributed by atoms with Gasteiger partial charge in [0.05, 0.1) is 5.92 Å². The van der Waals surface area contributed by atoms with E-state index in [1.807, 2.05) is 19.1 Å². The number of amides is 1. The third-order valence-corrected chi connectivity index (χ3v) is 3.84. The molecule has 1 heterocycles. The fourth-order valence-corrected chi connectivity index (χ4v) is 2.47. The lowest BCUT2D eigenvalue weighted by Crippen LogP contribution is -2.27. The topological polar surface area (TPSA) is 57.6 Å². The Kier molecular flexibility index (Phi) is 3.59. The third kappa shape index (κ3) is 2.69. The van der Waals surface area contributed by atoms with Crippen molar-refractivity contribution in [2.24, 2.45) is 5.92 Å². The molecule has 0 radical (unpaired) electrons. The third-order valence-electron chi connectivity index (χ3n) is 3.84. The summed E-state index contributed by atoms with van der Waals surface area (Å²) in [6, 6.07) is 6.07. The van der Waals surface area contributed by atoms with Crippen LogP contribution in [-0.2, 0) is 15.0 Å². The summed E-state index contributed by atoms with van der Waals surface area (Å²) in [5.41, 5.74) is 2.98. The second-order valence-corrected chi connectivity index (χ2v) is 6.49. The number of rotatable bonds is 2. The SMILES string of the molecule is Cc1ccc(C(C)(C)C)cc1N1CC(C(=O)O)CC1=O. The molecule has 1 saturated heterocycles. The molecule has 1 atom stereocenters. The molecule has 108 valence electrons. The number of anilines is 1. The van der Waals surface area contributed by atoms with Crippen LogP contribution in [0, 0.1) is 12.8 Å². The Labute approximate surface area is 119 Å². The molecule has 0 aromatic heterocycles. The summed E-state index contributed by atoms with van der Waals surface area (Å²) in [7, 11) is 0. The van der Waals surface area contributed by atoms with Gasteiger partial charge in [0.25, 0.3) is 0 Å². The molecule has 0 saturated carbocycles. The predicted molar refractivity (Wildman–Crippen MR) is 78.0 cm³/mol. The van der Waals surface area contributed by atoms with E-state index in [2.05, 4.69) is 26.8 Å². The molecule has 0 spiro atoms. The second kappa shape index (κ2) is 4.93. The van der Waals surface area contributed by atoms with Gasteiger partial charge in [-0.2, -0.15) is 0 Å². The molecule has 4 nitrogen and oxygen atoms in total. The monoisotopic (exact) mass is 275 g/mol. The van der Waals surface area contributed by atoms with Crippen LogP contribution in [0.15, 0.2) is 18.2 Å². The van der Waals surface area contributed by atoms with Crippen molar-refractivity contribution < 1.29 is 14.7 Å². The van der Waals surface area contributed by atoms with Crippen molar-refractivity contribution >= 4 is 17.6 Å². The van der Waals surface area contributed by atoms with Crippen LogP contribution in [0.4, 0.5) is 5.69 Å². The Morgan fingerprint density at radius 3 is 2.50 bits per heavy atom. The number of carboxylic acid groups (broad SMARTS) is 1. The first-order valence-electron chi connectivity index (χ1n) is 6.84. The Balaban J connectivity index is 2.38. The molecule has 0 bridgehead atoms. The quantitative estimate of drug-likeness (QED) is 0.903. The number of benzene rings is 1. The van der Waals surface area contributed by atoms with Crippen LogP contribution in [0.5, 0.6) is 0 Å². The van der Waals surface area contributed by atoms with Gasteiger partial charge in [-0.15, -0.1) is 0 Å². The first-order valence-corrected chi connectivity index (χ1v) is 6.84. The number of hydrogen-bond acceptors (Lipinski definition) is 2. The Morgan fingerprint density at radius 1 is 1.35 bits per heavy atom. The average Bonchev–Trinajstić information content (AvgIpc) is 2.70. The number of aryl methyl sites for hydroxylation is 1. The van der Waals surface area contributed by atoms with Crippen molar-refractivity contribution in [3.05, 3.63) is 29.3 Å². The van der Waals surface area contributed by atoms with E-state index >= 15 is 0 Å².